The molecule has 0 radical (unpaired) electrons. The summed E-state index contributed by atoms with van der Waals surface area (Å²) in [6, 6.07) is 10.6. The third-order valence-electron chi connectivity index (χ3n) is 2.42. The Morgan fingerprint density at radius 3 is 2.50 bits per heavy atom. The number of aromatic nitrogens is 2. The first-order valence-corrected chi connectivity index (χ1v) is 5.46. The molecule has 0 saturated heterocycles. The second-order valence-electron chi connectivity index (χ2n) is 3.62. The Labute approximate surface area is 105 Å². The predicted molar refractivity (Wildman–Crippen MR) is 66.7 cm³/mol. The number of rotatable bonds is 3. The quantitative estimate of drug-likeness (QED) is 0.824. The highest BCUT2D eigenvalue weighted by Gasteiger charge is 2.09. The lowest BCUT2D eigenvalue weighted by Crippen LogP contribution is -2.05. The zero-order chi connectivity index (χ0) is 13.0. The van der Waals surface area contributed by atoms with E-state index in [0.29, 0.717) is 17.9 Å². The summed E-state index contributed by atoms with van der Waals surface area (Å²) < 4.78 is 4.63. The van der Waals surface area contributed by atoms with E-state index in [1.807, 2.05) is 18.2 Å². The molecule has 0 unspecified atom stereocenters. The van der Waals surface area contributed by atoms with Crippen molar-refractivity contribution in [2.24, 2.45) is 5.73 Å². The maximum absolute atomic E-state index is 11.4. The first-order chi connectivity index (χ1) is 8.74. The minimum Gasteiger partial charge on any atom is -0.464 e. The van der Waals surface area contributed by atoms with E-state index in [2.05, 4.69) is 14.7 Å². The highest BCUT2D eigenvalue weighted by atomic mass is 16.5. The van der Waals surface area contributed by atoms with Gasteiger partial charge in [-0.25, -0.2) is 14.8 Å². The van der Waals surface area contributed by atoms with E-state index in [0.717, 1.165) is 5.69 Å². The molecular formula is C13H13N3O2. The summed E-state index contributed by atoms with van der Waals surface area (Å²) in [5.74, 6) is -0.466. The highest BCUT2D eigenvalue weighted by molar-refractivity contribution is 5.87. The van der Waals surface area contributed by atoms with E-state index >= 15 is 0 Å². The lowest BCUT2D eigenvalue weighted by atomic mass is 10.2. The van der Waals surface area contributed by atoms with Crippen LogP contribution in [0.4, 0.5) is 0 Å². The van der Waals surface area contributed by atoms with Gasteiger partial charge in [-0.05, 0) is 24.3 Å². The summed E-state index contributed by atoms with van der Waals surface area (Å²) in [5.41, 5.74) is 7.88. The second-order valence-corrected chi connectivity index (χ2v) is 3.62. The second kappa shape index (κ2) is 5.37. The van der Waals surface area contributed by atoms with Crippen LogP contribution in [-0.4, -0.2) is 23.0 Å². The minimum atomic E-state index is -0.466. The molecule has 0 fully saturated rings. The van der Waals surface area contributed by atoms with Crippen molar-refractivity contribution in [3.63, 3.8) is 0 Å². The Hall–Kier alpha value is -2.27. The van der Waals surface area contributed by atoms with Gasteiger partial charge in [-0.15, -0.1) is 0 Å². The van der Waals surface area contributed by atoms with Gasteiger partial charge in [0.1, 0.15) is 5.69 Å². The Morgan fingerprint density at radius 2 is 1.83 bits per heavy atom. The van der Waals surface area contributed by atoms with Crippen molar-refractivity contribution in [2.75, 3.05) is 7.11 Å². The molecule has 92 valence electrons. The van der Waals surface area contributed by atoms with Gasteiger partial charge in [0.25, 0.3) is 0 Å². The number of methoxy groups -OCH3 is 1. The molecule has 0 saturated carbocycles. The first-order valence-electron chi connectivity index (χ1n) is 5.46. The number of hydrogen-bond donors (Lipinski definition) is 1. The molecule has 0 aliphatic rings. The number of pyridine rings is 2. The van der Waals surface area contributed by atoms with Gasteiger partial charge in [-0.3, -0.25) is 0 Å². The zero-order valence-electron chi connectivity index (χ0n) is 9.96. The van der Waals surface area contributed by atoms with Crippen molar-refractivity contribution in [1.82, 2.24) is 9.97 Å². The van der Waals surface area contributed by atoms with Crippen molar-refractivity contribution in [1.29, 1.82) is 0 Å². The lowest BCUT2D eigenvalue weighted by molar-refractivity contribution is 0.0594. The van der Waals surface area contributed by atoms with E-state index in [-0.39, 0.29) is 5.69 Å². The Balaban J connectivity index is 2.41. The summed E-state index contributed by atoms with van der Waals surface area (Å²) in [6.07, 6.45) is 0. The molecule has 0 aromatic carbocycles. The van der Waals surface area contributed by atoms with Crippen LogP contribution in [0.5, 0.6) is 0 Å². The van der Waals surface area contributed by atoms with E-state index in [1.165, 1.54) is 7.11 Å². The summed E-state index contributed by atoms with van der Waals surface area (Å²) in [7, 11) is 1.32. The fraction of sp³-hybridized carbons (Fsp3) is 0.154. The Bertz CT molecular complexity index is 570. The van der Waals surface area contributed by atoms with Crippen molar-refractivity contribution in [2.45, 2.75) is 6.54 Å². The predicted octanol–water partition coefficient (Wildman–Crippen LogP) is 1.39. The van der Waals surface area contributed by atoms with E-state index in [1.54, 1.807) is 18.2 Å². The fourth-order valence-electron chi connectivity index (χ4n) is 1.53. The molecule has 2 aromatic heterocycles. The molecule has 0 aliphatic carbocycles. The number of nitrogens with zero attached hydrogens (tertiary/aromatic N) is 2. The number of esters is 1. The molecule has 0 aliphatic heterocycles. The monoisotopic (exact) mass is 243 g/mol. The van der Waals surface area contributed by atoms with Gasteiger partial charge in [-0.1, -0.05) is 12.1 Å². The van der Waals surface area contributed by atoms with Crippen LogP contribution in [-0.2, 0) is 11.3 Å². The summed E-state index contributed by atoms with van der Waals surface area (Å²) in [4.78, 5) is 20.0. The average Bonchev–Trinajstić information content (AvgIpc) is 2.46. The van der Waals surface area contributed by atoms with E-state index in [9.17, 15) is 4.79 Å². The van der Waals surface area contributed by atoms with Gasteiger partial charge >= 0.3 is 5.97 Å². The molecule has 2 heterocycles. The highest BCUT2D eigenvalue weighted by Crippen LogP contribution is 2.15. The molecule has 0 spiro atoms. The largest absolute Gasteiger partial charge is 0.464 e. The van der Waals surface area contributed by atoms with Gasteiger partial charge < -0.3 is 10.5 Å². The summed E-state index contributed by atoms with van der Waals surface area (Å²) >= 11 is 0. The topological polar surface area (TPSA) is 78.1 Å². The molecule has 2 rings (SSSR count). The van der Waals surface area contributed by atoms with E-state index in [4.69, 9.17) is 5.73 Å². The molecule has 0 amide bonds. The SMILES string of the molecule is COC(=O)c1cccc(-c2cccc(CN)n2)n1. The maximum Gasteiger partial charge on any atom is 0.356 e. The summed E-state index contributed by atoms with van der Waals surface area (Å²) in [6.45, 7) is 0.366. The van der Waals surface area contributed by atoms with Crippen LogP contribution >= 0.6 is 0 Å². The van der Waals surface area contributed by atoms with Gasteiger partial charge in [0.2, 0.25) is 0 Å². The molecule has 2 aromatic rings. The van der Waals surface area contributed by atoms with Gasteiger partial charge in [0.15, 0.2) is 0 Å². The van der Waals surface area contributed by atoms with Crippen LogP contribution in [0.2, 0.25) is 0 Å². The van der Waals surface area contributed by atoms with Gasteiger partial charge in [0.05, 0.1) is 24.2 Å². The van der Waals surface area contributed by atoms with Gasteiger partial charge in [0, 0.05) is 6.54 Å². The number of nitrogens with two attached hydrogens (primary N) is 1. The molecule has 0 bridgehead atoms. The van der Waals surface area contributed by atoms with Crippen LogP contribution < -0.4 is 5.73 Å². The summed E-state index contributed by atoms with van der Waals surface area (Å²) in [5, 5.41) is 0. The van der Waals surface area contributed by atoms with Crippen LogP contribution in [0.1, 0.15) is 16.2 Å². The lowest BCUT2D eigenvalue weighted by Gasteiger charge is -2.04. The van der Waals surface area contributed by atoms with E-state index < -0.39 is 5.97 Å². The zero-order valence-corrected chi connectivity index (χ0v) is 9.96. The minimum absolute atomic E-state index is 0.259. The maximum atomic E-state index is 11.4. The molecule has 18 heavy (non-hydrogen) atoms. The fourth-order valence-corrected chi connectivity index (χ4v) is 1.53. The standard InChI is InChI=1S/C13H13N3O2/c1-18-13(17)12-7-3-6-11(16-12)10-5-2-4-9(8-14)15-10/h2-7H,8,14H2,1H3. The Kier molecular flexibility index (Phi) is 3.64. The van der Waals surface area contributed by atoms with Crippen LogP contribution in [0.15, 0.2) is 36.4 Å². The third-order valence-corrected chi connectivity index (χ3v) is 2.42. The van der Waals surface area contributed by atoms with Crippen LogP contribution in [0, 0.1) is 0 Å². The number of hydrogen-bond acceptors (Lipinski definition) is 5. The smallest absolute Gasteiger partial charge is 0.356 e. The van der Waals surface area contributed by atoms with Crippen LogP contribution in [0.3, 0.4) is 0 Å². The first kappa shape index (κ1) is 12.2. The molecule has 5 nitrogen and oxygen atoms in total. The normalized spacial score (nSPS) is 10.1. The van der Waals surface area contributed by atoms with Crippen molar-refractivity contribution in [3.8, 4) is 11.4 Å². The molecular weight excluding hydrogens is 230 g/mol. The van der Waals surface area contributed by atoms with Crippen molar-refractivity contribution < 1.29 is 9.53 Å². The third kappa shape index (κ3) is 2.52. The number of carbonyl (C=O) groups is 1. The van der Waals surface area contributed by atoms with Crippen LogP contribution in [0.25, 0.3) is 11.4 Å². The Morgan fingerprint density at radius 1 is 1.17 bits per heavy atom. The number of ether oxygens (including phenoxy) is 1. The molecule has 5 heteroatoms. The number of carbonyl (C=O) groups excluding carboxylic acids is 1. The molecule has 2 N–H and O–H groups in total. The molecule has 0 atom stereocenters. The van der Waals surface area contributed by atoms with Gasteiger partial charge in [-0.2, -0.15) is 0 Å². The average molecular weight is 243 g/mol. The van der Waals surface area contributed by atoms with Crippen molar-refractivity contribution >= 4 is 5.97 Å². The van der Waals surface area contributed by atoms with Crippen molar-refractivity contribution in [3.05, 3.63) is 47.8 Å².